The minimum atomic E-state index is 0.202. The van der Waals surface area contributed by atoms with Crippen molar-refractivity contribution in [3.63, 3.8) is 0 Å². The van der Waals surface area contributed by atoms with Gasteiger partial charge in [0.15, 0.2) is 11.5 Å². The van der Waals surface area contributed by atoms with E-state index in [9.17, 15) is 0 Å². The summed E-state index contributed by atoms with van der Waals surface area (Å²) in [5.41, 5.74) is 3.79. The van der Waals surface area contributed by atoms with Crippen LogP contribution in [0.3, 0.4) is 0 Å². The molecule has 22 heavy (non-hydrogen) atoms. The van der Waals surface area contributed by atoms with Crippen molar-refractivity contribution in [3.8, 4) is 0 Å². The summed E-state index contributed by atoms with van der Waals surface area (Å²) in [5, 5.41) is 7.35. The number of benzene rings is 1. The van der Waals surface area contributed by atoms with Crippen molar-refractivity contribution in [1.82, 2.24) is 20.0 Å². The molecule has 1 unspecified atom stereocenters. The van der Waals surface area contributed by atoms with Gasteiger partial charge in [0.2, 0.25) is 0 Å². The van der Waals surface area contributed by atoms with E-state index in [4.69, 9.17) is 11.6 Å². The molecule has 110 valence electrons. The first-order valence-corrected chi connectivity index (χ1v) is 7.45. The summed E-state index contributed by atoms with van der Waals surface area (Å²) in [6.07, 6.45) is 2.55. The fraction of sp³-hybridized carbons (Fsp3) is 0.188. The molecule has 0 spiro atoms. The number of imidazole rings is 1. The van der Waals surface area contributed by atoms with Crippen LogP contribution in [-0.4, -0.2) is 32.7 Å². The van der Waals surface area contributed by atoms with E-state index in [2.05, 4.69) is 20.1 Å². The second kappa shape index (κ2) is 5.10. The predicted molar refractivity (Wildman–Crippen MR) is 87.0 cm³/mol. The second-order valence-electron chi connectivity index (χ2n) is 5.35. The normalized spacial score (nSPS) is 18.0. The molecule has 0 saturated carbocycles. The number of aromatic amines is 1. The standard InChI is InChI=1S/C16H14ClN5/c1-22-14(10-4-6-11(17)7-5-10)9-13(21-22)16-19-12-3-2-8-18-15(12)20-16/h2-8,14H,9H2,1H3,(H,18,19,20). The van der Waals surface area contributed by atoms with E-state index in [0.717, 1.165) is 34.1 Å². The number of rotatable bonds is 2. The number of nitrogens with zero attached hydrogens (tertiary/aromatic N) is 4. The van der Waals surface area contributed by atoms with Crippen LogP contribution in [0.4, 0.5) is 0 Å². The fourth-order valence-corrected chi connectivity index (χ4v) is 2.89. The van der Waals surface area contributed by atoms with Gasteiger partial charge >= 0.3 is 0 Å². The molecule has 0 bridgehead atoms. The molecule has 5 nitrogen and oxygen atoms in total. The molecule has 0 aliphatic carbocycles. The summed E-state index contributed by atoms with van der Waals surface area (Å²) in [6.45, 7) is 0. The first kappa shape index (κ1) is 13.3. The SMILES string of the molecule is CN1N=C(c2nc3ncccc3[nH]2)CC1c1ccc(Cl)cc1. The van der Waals surface area contributed by atoms with Gasteiger partial charge in [-0.3, -0.25) is 5.01 Å². The molecule has 1 aliphatic rings. The fourth-order valence-electron chi connectivity index (χ4n) is 2.76. The zero-order valence-electron chi connectivity index (χ0n) is 12.0. The lowest BCUT2D eigenvalue weighted by Crippen LogP contribution is -2.13. The zero-order chi connectivity index (χ0) is 15.1. The Kier molecular flexibility index (Phi) is 3.08. The van der Waals surface area contributed by atoms with Gasteiger partial charge in [-0.25, -0.2) is 9.97 Å². The summed E-state index contributed by atoms with van der Waals surface area (Å²) in [5.74, 6) is 0.789. The van der Waals surface area contributed by atoms with Crippen LogP contribution in [0.1, 0.15) is 23.9 Å². The number of aromatic nitrogens is 3. The van der Waals surface area contributed by atoms with Crippen LogP contribution >= 0.6 is 11.6 Å². The highest BCUT2D eigenvalue weighted by Crippen LogP contribution is 2.31. The Morgan fingerprint density at radius 3 is 2.82 bits per heavy atom. The molecular weight excluding hydrogens is 298 g/mol. The lowest BCUT2D eigenvalue weighted by Gasteiger charge is -2.18. The molecule has 1 aliphatic heterocycles. The third-order valence-corrected chi connectivity index (χ3v) is 4.15. The summed E-state index contributed by atoms with van der Waals surface area (Å²) < 4.78 is 0. The highest BCUT2D eigenvalue weighted by atomic mass is 35.5. The van der Waals surface area contributed by atoms with Gasteiger partial charge in [-0.2, -0.15) is 5.10 Å². The number of H-pyrrole nitrogens is 1. The second-order valence-corrected chi connectivity index (χ2v) is 5.79. The maximum Gasteiger partial charge on any atom is 0.178 e. The van der Waals surface area contributed by atoms with Crippen molar-refractivity contribution >= 4 is 28.5 Å². The molecule has 1 aromatic carbocycles. The number of hydrogen-bond donors (Lipinski definition) is 1. The van der Waals surface area contributed by atoms with Gasteiger partial charge in [0, 0.05) is 24.7 Å². The number of fused-ring (bicyclic) bond motifs is 1. The molecule has 0 radical (unpaired) electrons. The van der Waals surface area contributed by atoms with Crippen LogP contribution in [0.5, 0.6) is 0 Å². The monoisotopic (exact) mass is 311 g/mol. The summed E-state index contributed by atoms with van der Waals surface area (Å²) >= 11 is 5.96. The number of hydrazone groups is 1. The number of nitrogens with one attached hydrogen (secondary N) is 1. The average molecular weight is 312 g/mol. The first-order valence-electron chi connectivity index (χ1n) is 7.07. The molecule has 3 heterocycles. The summed E-state index contributed by atoms with van der Waals surface area (Å²) in [7, 11) is 1.98. The minimum Gasteiger partial charge on any atom is -0.335 e. The van der Waals surface area contributed by atoms with Gasteiger partial charge in [-0.1, -0.05) is 23.7 Å². The lowest BCUT2D eigenvalue weighted by atomic mass is 10.0. The molecule has 0 amide bonds. The van der Waals surface area contributed by atoms with E-state index >= 15 is 0 Å². The highest BCUT2D eigenvalue weighted by Gasteiger charge is 2.27. The Bertz CT molecular complexity index is 819. The van der Waals surface area contributed by atoms with Crippen molar-refractivity contribution in [3.05, 3.63) is 59.0 Å². The van der Waals surface area contributed by atoms with E-state index < -0.39 is 0 Å². The van der Waals surface area contributed by atoms with Gasteiger partial charge < -0.3 is 4.98 Å². The van der Waals surface area contributed by atoms with Crippen molar-refractivity contribution < 1.29 is 0 Å². The number of hydrogen-bond acceptors (Lipinski definition) is 4. The van der Waals surface area contributed by atoms with Gasteiger partial charge in [0.1, 0.15) is 5.71 Å². The Morgan fingerprint density at radius 1 is 1.23 bits per heavy atom. The number of halogens is 1. The Morgan fingerprint density at radius 2 is 2.05 bits per heavy atom. The maximum absolute atomic E-state index is 5.96. The molecular formula is C16H14ClN5. The van der Waals surface area contributed by atoms with Crippen LogP contribution in [0.25, 0.3) is 11.2 Å². The van der Waals surface area contributed by atoms with Crippen molar-refractivity contribution in [2.75, 3.05) is 7.05 Å². The molecule has 3 aromatic rings. The zero-order valence-corrected chi connectivity index (χ0v) is 12.7. The summed E-state index contributed by atoms with van der Waals surface area (Å²) in [6, 6.07) is 12.0. The van der Waals surface area contributed by atoms with Crippen LogP contribution in [0.2, 0.25) is 5.02 Å². The van der Waals surface area contributed by atoms with E-state index in [-0.39, 0.29) is 6.04 Å². The Hall–Kier alpha value is -2.40. The average Bonchev–Trinajstić information content (AvgIpc) is 3.11. The smallest absolute Gasteiger partial charge is 0.178 e. The van der Waals surface area contributed by atoms with Crippen LogP contribution in [0.15, 0.2) is 47.7 Å². The highest BCUT2D eigenvalue weighted by molar-refractivity contribution is 6.30. The Balaban J connectivity index is 1.64. The molecule has 0 fully saturated rings. The molecule has 2 aromatic heterocycles. The third-order valence-electron chi connectivity index (χ3n) is 3.90. The first-order chi connectivity index (χ1) is 10.7. The number of pyridine rings is 1. The van der Waals surface area contributed by atoms with Gasteiger partial charge in [0.05, 0.1) is 11.6 Å². The molecule has 6 heteroatoms. The molecule has 0 saturated heterocycles. The van der Waals surface area contributed by atoms with Gasteiger partial charge in [-0.05, 0) is 29.8 Å². The third kappa shape index (κ3) is 2.23. The quantitative estimate of drug-likeness (QED) is 0.789. The minimum absolute atomic E-state index is 0.202. The summed E-state index contributed by atoms with van der Waals surface area (Å²) in [4.78, 5) is 12.1. The lowest BCUT2D eigenvalue weighted by molar-refractivity contribution is 0.290. The maximum atomic E-state index is 5.96. The topological polar surface area (TPSA) is 57.2 Å². The predicted octanol–water partition coefficient (Wildman–Crippen LogP) is 3.39. The van der Waals surface area contributed by atoms with Gasteiger partial charge in [0.25, 0.3) is 0 Å². The molecule has 1 atom stereocenters. The van der Waals surface area contributed by atoms with Crippen LogP contribution in [0, 0.1) is 0 Å². The molecule has 4 rings (SSSR count). The Labute approximate surface area is 132 Å². The van der Waals surface area contributed by atoms with Crippen LogP contribution in [-0.2, 0) is 0 Å². The van der Waals surface area contributed by atoms with Crippen molar-refractivity contribution in [2.24, 2.45) is 5.10 Å². The molecule has 1 N–H and O–H groups in total. The van der Waals surface area contributed by atoms with E-state index in [1.165, 1.54) is 5.56 Å². The van der Waals surface area contributed by atoms with E-state index in [0.29, 0.717) is 0 Å². The van der Waals surface area contributed by atoms with E-state index in [1.807, 2.05) is 48.5 Å². The van der Waals surface area contributed by atoms with Gasteiger partial charge in [-0.15, -0.1) is 0 Å². The van der Waals surface area contributed by atoms with E-state index in [1.54, 1.807) is 6.20 Å². The van der Waals surface area contributed by atoms with Crippen molar-refractivity contribution in [2.45, 2.75) is 12.5 Å². The largest absolute Gasteiger partial charge is 0.335 e. The van der Waals surface area contributed by atoms with Crippen LogP contribution < -0.4 is 0 Å². The van der Waals surface area contributed by atoms with Crippen molar-refractivity contribution in [1.29, 1.82) is 0 Å².